The SMILES string of the molecule is NC1(C2(O)CC3CCC(C2)S3(=O)=O)CNC1. The Hall–Kier alpha value is -0.170. The van der Waals surface area contributed by atoms with Crippen molar-refractivity contribution in [2.24, 2.45) is 5.73 Å². The third-order valence-electron chi connectivity index (χ3n) is 4.68. The van der Waals surface area contributed by atoms with Crippen LogP contribution in [0.3, 0.4) is 0 Å². The molecule has 0 saturated carbocycles. The molecule has 0 amide bonds. The molecule has 2 unspecified atom stereocenters. The summed E-state index contributed by atoms with van der Waals surface area (Å²) in [6.07, 6.45) is 2.03. The Labute approximate surface area is 95.3 Å². The van der Waals surface area contributed by atoms with Gasteiger partial charge in [0.05, 0.1) is 21.6 Å². The molecule has 0 aromatic carbocycles. The second-order valence-corrected chi connectivity index (χ2v) is 8.12. The lowest BCUT2D eigenvalue weighted by atomic mass is 9.71. The predicted octanol–water partition coefficient (Wildman–Crippen LogP) is -1.24. The Morgan fingerprint density at radius 3 is 2.06 bits per heavy atom. The Morgan fingerprint density at radius 2 is 1.69 bits per heavy atom. The van der Waals surface area contributed by atoms with Crippen molar-refractivity contribution in [2.75, 3.05) is 13.1 Å². The van der Waals surface area contributed by atoms with Crippen molar-refractivity contribution in [3.05, 3.63) is 0 Å². The van der Waals surface area contributed by atoms with E-state index in [1.807, 2.05) is 0 Å². The van der Waals surface area contributed by atoms with Gasteiger partial charge in [0.2, 0.25) is 0 Å². The van der Waals surface area contributed by atoms with Crippen LogP contribution < -0.4 is 11.1 Å². The number of sulfone groups is 1. The Balaban J connectivity index is 1.92. The molecule has 3 heterocycles. The molecule has 6 heteroatoms. The summed E-state index contributed by atoms with van der Waals surface area (Å²) in [4.78, 5) is 0. The van der Waals surface area contributed by atoms with Crippen molar-refractivity contribution < 1.29 is 13.5 Å². The van der Waals surface area contributed by atoms with Gasteiger partial charge in [0.1, 0.15) is 0 Å². The molecule has 3 aliphatic heterocycles. The number of rotatable bonds is 1. The highest BCUT2D eigenvalue weighted by Gasteiger charge is 2.61. The maximum atomic E-state index is 11.9. The van der Waals surface area contributed by atoms with Crippen LogP contribution in [0.2, 0.25) is 0 Å². The highest BCUT2D eigenvalue weighted by molar-refractivity contribution is 7.93. The smallest absolute Gasteiger partial charge is 0.156 e. The summed E-state index contributed by atoms with van der Waals surface area (Å²) in [6, 6.07) is 0. The molecular formula is C10H18N2O3S. The maximum absolute atomic E-state index is 11.9. The first-order valence-corrected chi connectivity index (χ1v) is 7.43. The number of nitrogens with one attached hydrogen (secondary N) is 1. The number of fused-ring (bicyclic) bond motifs is 2. The van der Waals surface area contributed by atoms with Gasteiger partial charge in [0.15, 0.2) is 9.84 Å². The van der Waals surface area contributed by atoms with Gasteiger partial charge in [-0.2, -0.15) is 0 Å². The van der Waals surface area contributed by atoms with Crippen molar-refractivity contribution >= 4 is 9.84 Å². The highest BCUT2D eigenvalue weighted by atomic mass is 32.2. The van der Waals surface area contributed by atoms with Crippen molar-refractivity contribution in [3.8, 4) is 0 Å². The lowest BCUT2D eigenvalue weighted by Gasteiger charge is -2.53. The van der Waals surface area contributed by atoms with Crippen LogP contribution in [0.15, 0.2) is 0 Å². The van der Waals surface area contributed by atoms with Crippen molar-refractivity contribution in [1.82, 2.24) is 5.32 Å². The largest absolute Gasteiger partial charge is 0.388 e. The van der Waals surface area contributed by atoms with E-state index >= 15 is 0 Å². The van der Waals surface area contributed by atoms with E-state index in [2.05, 4.69) is 5.32 Å². The first-order chi connectivity index (χ1) is 7.37. The Bertz CT molecular complexity index is 396. The third kappa shape index (κ3) is 1.19. The van der Waals surface area contributed by atoms with E-state index in [-0.39, 0.29) is 10.5 Å². The highest BCUT2D eigenvalue weighted by Crippen LogP contribution is 2.47. The zero-order valence-corrected chi connectivity index (χ0v) is 9.96. The van der Waals surface area contributed by atoms with Gasteiger partial charge in [-0.15, -0.1) is 0 Å². The van der Waals surface area contributed by atoms with E-state index in [4.69, 9.17) is 5.73 Å². The number of hydrogen-bond acceptors (Lipinski definition) is 5. The standard InChI is InChI=1S/C10H18N2O3S/c11-9(5-12-6-9)10(13)3-7-1-2-8(4-10)16(7,14)15/h7-8,12-13H,1-6,11H2. The fourth-order valence-electron chi connectivity index (χ4n) is 3.38. The number of nitrogens with two attached hydrogens (primary N) is 1. The van der Waals surface area contributed by atoms with Crippen LogP contribution >= 0.6 is 0 Å². The first kappa shape index (κ1) is 11.0. The monoisotopic (exact) mass is 246 g/mol. The van der Waals surface area contributed by atoms with Crippen LogP contribution in [0.1, 0.15) is 25.7 Å². The molecule has 0 aromatic heterocycles. The second kappa shape index (κ2) is 2.98. The van der Waals surface area contributed by atoms with Crippen LogP contribution in [0.5, 0.6) is 0 Å². The molecule has 0 aliphatic carbocycles. The fourth-order valence-corrected chi connectivity index (χ4v) is 5.87. The lowest BCUT2D eigenvalue weighted by Crippen LogP contribution is -2.78. The molecule has 2 atom stereocenters. The zero-order valence-electron chi connectivity index (χ0n) is 9.15. The minimum absolute atomic E-state index is 0.323. The van der Waals surface area contributed by atoms with Gasteiger partial charge >= 0.3 is 0 Å². The van der Waals surface area contributed by atoms with E-state index in [1.165, 1.54) is 0 Å². The Morgan fingerprint density at radius 1 is 1.19 bits per heavy atom. The molecule has 0 radical (unpaired) electrons. The van der Waals surface area contributed by atoms with E-state index in [0.717, 1.165) is 0 Å². The van der Waals surface area contributed by atoms with E-state index < -0.39 is 21.0 Å². The molecule has 0 spiro atoms. The summed E-state index contributed by atoms with van der Waals surface area (Å²) in [5, 5.41) is 13.0. The summed E-state index contributed by atoms with van der Waals surface area (Å²) in [5.41, 5.74) is 4.53. The van der Waals surface area contributed by atoms with E-state index in [0.29, 0.717) is 38.8 Å². The van der Waals surface area contributed by atoms with E-state index in [9.17, 15) is 13.5 Å². The van der Waals surface area contributed by atoms with Gasteiger partial charge < -0.3 is 16.2 Å². The summed E-state index contributed by atoms with van der Waals surface area (Å²) >= 11 is 0. The molecule has 3 fully saturated rings. The lowest BCUT2D eigenvalue weighted by molar-refractivity contribution is -0.0713. The second-order valence-electron chi connectivity index (χ2n) is 5.61. The van der Waals surface area contributed by atoms with Gasteiger partial charge in [-0.1, -0.05) is 0 Å². The van der Waals surface area contributed by atoms with Gasteiger partial charge in [-0.25, -0.2) is 8.42 Å². The van der Waals surface area contributed by atoms with Gasteiger partial charge in [-0.05, 0) is 25.7 Å². The van der Waals surface area contributed by atoms with Gasteiger partial charge in [0, 0.05) is 13.1 Å². The molecule has 92 valence electrons. The normalized spacial score (nSPS) is 48.6. The average Bonchev–Trinajstić information content (AvgIpc) is 2.39. The van der Waals surface area contributed by atoms with Crippen LogP contribution in [0.25, 0.3) is 0 Å². The molecule has 16 heavy (non-hydrogen) atoms. The molecule has 4 N–H and O–H groups in total. The zero-order chi connectivity index (χ0) is 11.6. The number of aliphatic hydroxyl groups is 1. The Kier molecular flexibility index (Phi) is 2.04. The van der Waals surface area contributed by atoms with Crippen LogP contribution in [0, 0.1) is 0 Å². The summed E-state index contributed by atoms with van der Waals surface area (Å²) in [7, 11) is -2.98. The molecule has 0 aromatic rings. The molecule has 3 rings (SSSR count). The van der Waals surface area contributed by atoms with Crippen molar-refractivity contribution in [2.45, 2.75) is 47.3 Å². The minimum Gasteiger partial charge on any atom is -0.388 e. The summed E-state index contributed by atoms with van der Waals surface area (Å²) < 4.78 is 23.9. The van der Waals surface area contributed by atoms with Crippen LogP contribution in [-0.2, 0) is 9.84 Å². The molecular weight excluding hydrogens is 228 g/mol. The van der Waals surface area contributed by atoms with Gasteiger partial charge in [0.25, 0.3) is 0 Å². The predicted molar refractivity (Wildman–Crippen MR) is 59.7 cm³/mol. The minimum atomic E-state index is -2.98. The fraction of sp³-hybridized carbons (Fsp3) is 1.00. The molecule has 3 aliphatic rings. The van der Waals surface area contributed by atoms with Crippen LogP contribution in [0.4, 0.5) is 0 Å². The third-order valence-corrected chi connectivity index (χ3v) is 7.34. The van der Waals surface area contributed by atoms with E-state index in [1.54, 1.807) is 0 Å². The molecule has 2 bridgehead atoms. The summed E-state index contributed by atoms with van der Waals surface area (Å²) in [6.45, 7) is 1.17. The molecule has 3 saturated heterocycles. The topological polar surface area (TPSA) is 92.4 Å². The molecule has 5 nitrogen and oxygen atoms in total. The van der Waals surface area contributed by atoms with Crippen molar-refractivity contribution in [1.29, 1.82) is 0 Å². The van der Waals surface area contributed by atoms with Crippen molar-refractivity contribution in [3.63, 3.8) is 0 Å². The quantitative estimate of drug-likeness (QED) is 0.538. The first-order valence-electron chi connectivity index (χ1n) is 5.82. The average molecular weight is 246 g/mol. The number of hydrogen-bond donors (Lipinski definition) is 3. The summed E-state index contributed by atoms with van der Waals surface area (Å²) in [5.74, 6) is 0. The van der Waals surface area contributed by atoms with Crippen LogP contribution in [-0.4, -0.2) is 48.3 Å². The van der Waals surface area contributed by atoms with Gasteiger partial charge in [-0.3, -0.25) is 0 Å². The maximum Gasteiger partial charge on any atom is 0.156 e.